The van der Waals surface area contributed by atoms with Crippen LogP contribution in [-0.2, 0) is 4.74 Å². The number of benzene rings is 1. The van der Waals surface area contributed by atoms with Gasteiger partial charge < -0.3 is 10.1 Å². The molecule has 0 radical (unpaired) electrons. The minimum Gasteiger partial charge on any atom is -0.383 e. The Morgan fingerprint density at radius 3 is 2.58 bits per heavy atom. The SMILES string of the molecule is CCC1CCC(NC(COC)c2ccccc2)C1C. The third-order valence-corrected chi connectivity index (χ3v) is 4.70. The second-order valence-corrected chi connectivity index (χ2v) is 5.80. The van der Waals surface area contributed by atoms with Gasteiger partial charge in [-0.05, 0) is 30.2 Å². The summed E-state index contributed by atoms with van der Waals surface area (Å²) in [5, 5.41) is 3.82. The van der Waals surface area contributed by atoms with E-state index in [0.717, 1.165) is 18.4 Å². The van der Waals surface area contributed by atoms with E-state index in [2.05, 4.69) is 49.5 Å². The summed E-state index contributed by atoms with van der Waals surface area (Å²) in [4.78, 5) is 0. The first-order valence-electron chi connectivity index (χ1n) is 7.56. The fourth-order valence-electron chi connectivity index (χ4n) is 3.41. The zero-order valence-electron chi connectivity index (χ0n) is 12.4. The first-order valence-corrected chi connectivity index (χ1v) is 7.56. The standard InChI is InChI=1S/C17H27NO/c1-4-14-10-11-16(13(14)2)18-17(12-19-3)15-8-6-5-7-9-15/h5-9,13-14,16-18H,4,10-12H2,1-3H3. The largest absolute Gasteiger partial charge is 0.383 e. The van der Waals surface area contributed by atoms with Gasteiger partial charge >= 0.3 is 0 Å². The lowest BCUT2D eigenvalue weighted by Gasteiger charge is -2.27. The van der Waals surface area contributed by atoms with Gasteiger partial charge in [0.25, 0.3) is 0 Å². The third kappa shape index (κ3) is 3.58. The second-order valence-electron chi connectivity index (χ2n) is 5.80. The molecule has 1 aromatic carbocycles. The molecule has 4 atom stereocenters. The van der Waals surface area contributed by atoms with Gasteiger partial charge in [0.2, 0.25) is 0 Å². The maximum Gasteiger partial charge on any atom is 0.0657 e. The lowest BCUT2D eigenvalue weighted by molar-refractivity contribution is 0.155. The third-order valence-electron chi connectivity index (χ3n) is 4.70. The quantitative estimate of drug-likeness (QED) is 0.841. The summed E-state index contributed by atoms with van der Waals surface area (Å²) in [6, 6.07) is 11.6. The summed E-state index contributed by atoms with van der Waals surface area (Å²) in [5.41, 5.74) is 1.33. The van der Waals surface area contributed by atoms with Crippen LogP contribution in [0.1, 0.15) is 44.7 Å². The fourth-order valence-corrected chi connectivity index (χ4v) is 3.41. The van der Waals surface area contributed by atoms with Gasteiger partial charge in [-0.15, -0.1) is 0 Å². The number of ether oxygens (including phenoxy) is 1. The average molecular weight is 261 g/mol. The fraction of sp³-hybridized carbons (Fsp3) is 0.647. The second kappa shape index (κ2) is 7.06. The lowest BCUT2D eigenvalue weighted by atomic mass is 9.93. The molecule has 1 saturated carbocycles. The Bertz CT molecular complexity index is 365. The average Bonchev–Trinajstić information content (AvgIpc) is 2.80. The van der Waals surface area contributed by atoms with Crippen molar-refractivity contribution in [2.24, 2.45) is 11.8 Å². The van der Waals surface area contributed by atoms with E-state index < -0.39 is 0 Å². The molecular formula is C17H27NO. The Balaban J connectivity index is 2.02. The molecule has 2 heteroatoms. The highest BCUT2D eigenvalue weighted by Crippen LogP contribution is 2.35. The Labute approximate surface area is 117 Å². The zero-order valence-corrected chi connectivity index (χ0v) is 12.4. The molecule has 0 spiro atoms. The predicted octanol–water partition coefficient (Wildman–Crippen LogP) is 3.79. The van der Waals surface area contributed by atoms with Crippen LogP contribution in [0.15, 0.2) is 30.3 Å². The molecule has 1 aliphatic carbocycles. The van der Waals surface area contributed by atoms with Crippen molar-refractivity contribution in [3.05, 3.63) is 35.9 Å². The minimum atomic E-state index is 0.314. The van der Waals surface area contributed by atoms with E-state index in [1.54, 1.807) is 7.11 Å². The number of rotatable bonds is 6. The first kappa shape index (κ1) is 14.5. The molecule has 0 aliphatic heterocycles. The summed E-state index contributed by atoms with van der Waals surface area (Å²) in [5.74, 6) is 1.66. The molecule has 0 heterocycles. The van der Waals surface area contributed by atoms with Gasteiger partial charge in [0.1, 0.15) is 0 Å². The van der Waals surface area contributed by atoms with Crippen LogP contribution < -0.4 is 5.32 Å². The highest BCUT2D eigenvalue weighted by atomic mass is 16.5. The molecule has 4 unspecified atom stereocenters. The van der Waals surface area contributed by atoms with Gasteiger partial charge in [-0.2, -0.15) is 0 Å². The Hall–Kier alpha value is -0.860. The zero-order chi connectivity index (χ0) is 13.7. The summed E-state index contributed by atoms with van der Waals surface area (Å²) < 4.78 is 5.39. The van der Waals surface area contributed by atoms with Crippen LogP contribution in [0.2, 0.25) is 0 Å². The van der Waals surface area contributed by atoms with Crippen LogP contribution in [-0.4, -0.2) is 19.8 Å². The Morgan fingerprint density at radius 1 is 1.26 bits per heavy atom. The molecule has 2 nitrogen and oxygen atoms in total. The molecule has 106 valence electrons. The molecule has 0 saturated heterocycles. The molecule has 1 aliphatic rings. The molecule has 1 N–H and O–H groups in total. The topological polar surface area (TPSA) is 21.3 Å². The lowest BCUT2D eigenvalue weighted by Crippen LogP contribution is -2.37. The number of hydrogen-bond donors (Lipinski definition) is 1. The molecule has 2 rings (SSSR count). The molecule has 0 amide bonds. The molecule has 0 bridgehead atoms. The van der Waals surface area contributed by atoms with Gasteiger partial charge in [-0.1, -0.05) is 50.6 Å². The van der Waals surface area contributed by atoms with Crippen LogP contribution in [0.5, 0.6) is 0 Å². The minimum absolute atomic E-state index is 0.314. The number of methoxy groups -OCH3 is 1. The first-order chi connectivity index (χ1) is 9.26. The van der Waals surface area contributed by atoms with Crippen LogP contribution in [0, 0.1) is 11.8 Å². The summed E-state index contributed by atoms with van der Waals surface area (Å²) in [6.45, 7) is 5.45. The maximum absolute atomic E-state index is 5.39. The van der Waals surface area contributed by atoms with Gasteiger partial charge in [0.05, 0.1) is 12.6 Å². The van der Waals surface area contributed by atoms with E-state index >= 15 is 0 Å². The monoisotopic (exact) mass is 261 g/mol. The van der Waals surface area contributed by atoms with Crippen molar-refractivity contribution in [1.29, 1.82) is 0 Å². The van der Waals surface area contributed by atoms with Crippen LogP contribution in [0.25, 0.3) is 0 Å². The number of nitrogens with one attached hydrogen (secondary N) is 1. The van der Waals surface area contributed by atoms with Crippen LogP contribution >= 0.6 is 0 Å². The van der Waals surface area contributed by atoms with Crippen molar-refractivity contribution in [3.8, 4) is 0 Å². The van der Waals surface area contributed by atoms with Crippen LogP contribution in [0.4, 0.5) is 0 Å². The van der Waals surface area contributed by atoms with Crippen molar-refractivity contribution >= 4 is 0 Å². The van der Waals surface area contributed by atoms with Gasteiger partial charge in [-0.25, -0.2) is 0 Å². The van der Waals surface area contributed by atoms with E-state index in [0.29, 0.717) is 12.1 Å². The smallest absolute Gasteiger partial charge is 0.0657 e. The Kier molecular flexibility index (Phi) is 5.41. The van der Waals surface area contributed by atoms with Gasteiger partial charge in [-0.3, -0.25) is 0 Å². The van der Waals surface area contributed by atoms with E-state index in [1.165, 1.54) is 24.8 Å². The van der Waals surface area contributed by atoms with Gasteiger partial charge in [0.15, 0.2) is 0 Å². The molecule has 0 aromatic heterocycles. The molecule has 1 aromatic rings. The van der Waals surface area contributed by atoms with Crippen molar-refractivity contribution in [1.82, 2.24) is 5.32 Å². The van der Waals surface area contributed by atoms with Crippen LogP contribution in [0.3, 0.4) is 0 Å². The summed E-state index contributed by atoms with van der Waals surface area (Å²) >= 11 is 0. The van der Waals surface area contributed by atoms with Gasteiger partial charge in [0, 0.05) is 13.2 Å². The maximum atomic E-state index is 5.39. The summed E-state index contributed by atoms with van der Waals surface area (Å²) in [7, 11) is 1.78. The molecule has 1 fully saturated rings. The van der Waals surface area contributed by atoms with E-state index in [1.807, 2.05) is 0 Å². The molecule has 19 heavy (non-hydrogen) atoms. The van der Waals surface area contributed by atoms with Crippen molar-refractivity contribution < 1.29 is 4.74 Å². The van der Waals surface area contributed by atoms with Crippen molar-refractivity contribution in [2.75, 3.05) is 13.7 Å². The van der Waals surface area contributed by atoms with E-state index in [9.17, 15) is 0 Å². The normalized spacial score (nSPS) is 28.5. The van der Waals surface area contributed by atoms with E-state index in [4.69, 9.17) is 4.74 Å². The summed E-state index contributed by atoms with van der Waals surface area (Å²) in [6.07, 6.45) is 3.97. The highest BCUT2D eigenvalue weighted by molar-refractivity contribution is 5.19. The Morgan fingerprint density at radius 2 is 2.00 bits per heavy atom. The highest BCUT2D eigenvalue weighted by Gasteiger charge is 2.32. The van der Waals surface area contributed by atoms with Crippen molar-refractivity contribution in [3.63, 3.8) is 0 Å². The number of hydrogen-bond acceptors (Lipinski definition) is 2. The van der Waals surface area contributed by atoms with Crippen molar-refractivity contribution in [2.45, 2.75) is 45.2 Å². The molecular weight excluding hydrogens is 234 g/mol. The predicted molar refractivity (Wildman–Crippen MR) is 80.2 cm³/mol. The van der Waals surface area contributed by atoms with E-state index in [-0.39, 0.29) is 0 Å².